The van der Waals surface area contributed by atoms with Crippen molar-refractivity contribution < 1.29 is 13.2 Å². The van der Waals surface area contributed by atoms with Crippen LogP contribution < -0.4 is 15.0 Å². The summed E-state index contributed by atoms with van der Waals surface area (Å²) in [4.78, 5) is 14.6. The number of carbonyl (C=O) groups excluding carboxylic acids is 1. The second-order valence-electron chi connectivity index (χ2n) is 5.76. The Bertz CT molecular complexity index is 910. The topological polar surface area (TPSA) is 93.8 Å². The summed E-state index contributed by atoms with van der Waals surface area (Å²) >= 11 is 9.65. The SMILES string of the molecule is CN(NC(=O)NS(=O)(=O)NN(C)C(S)c1ccccc1)C(=S)c1ccccc1. The first-order valence-corrected chi connectivity index (χ1v) is 10.5. The lowest BCUT2D eigenvalue weighted by atomic mass is 10.2. The van der Waals surface area contributed by atoms with Gasteiger partial charge >= 0.3 is 16.2 Å². The molecule has 0 aliphatic carbocycles. The summed E-state index contributed by atoms with van der Waals surface area (Å²) in [6.45, 7) is 0. The van der Waals surface area contributed by atoms with Crippen LogP contribution >= 0.6 is 24.8 Å². The van der Waals surface area contributed by atoms with E-state index in [0.717, 1.165) is 5.56 Å². The van der Waals surface area contributed by atoms with Gasteiger partial charge in [-0.3, -0.25) is 5.01 Å². The molecule has 0 aromatic heterocycles. The van der Waals surface area contributed by atoms with Crippen LogP contribution in [-0.2, 0) is 10.2 Å². The Kier molecular flexibility index (Phi) is 7.78. The number of nitrogens with one attached hydrogen (secondary N) is 3. The van der Waals surface area contributed by atoms with Crippen molar-refractivity contribution in [2.75, 3.05) is 14.1 Å². The molecule has 0 saturated heterocycles. The zero-order valence-corrected chi connectivity index (χ0v) is 17.8. The molecule has 8 nitrogen and oxygen atoms in total. The average molecular weight is 440 g/mol. The predicted molar refractivity (Wildman–Crippen MR) is 116 cm³/mol. The second-order valence-corrected chi connectivity index (χ2v) is 8.03. The number of rotatable bonds is 6. The summed E-state index contributed by atoms with van der Waals surface area (Å²) in [6, 6.07) is 17.1. The van der Waals surface area contributed by atoms with Gasteiger partial charge in [-0.1, -0.05) is 72.9 Å². The molecule has 11 heteroatoms. The molecule has 1 atom stereocenters. The summed E-state index contributed by atoms with van der Waals surface area (Å²) in [7, 11) is -1.16. The first-order valence-electron chi connectivity index (χ1n) is 8.09. The van der Waals surface area contributed by atoms with Crippen molar-refractivity contribution in [3.8, 4) is 0 Å². The van der Waals surface area contributed by atoms with Gasteiger partial charge in [0.25, 0.3) is 0 Å². The molecule has 3 N–H and O–H groups in total. The van der Waals surface area contributed by atoms with Crippen LogP contribution in [-0.4, -0.2) is 43.6 Å². The van der Waals surface area contributed by atoms with Crippen molar-refractivity contribution in [2.45, 2.75) is 5.37 Å². The van der Waals surface area contributed by atoms with Crippen LogP contribution in [0.3, 0.4) is 0 Å². The maximum absolute atomic E-state index is 12.2. The summed E-state index contributed by atoms with van der Waals surface area (Å²) in [5.41, 5.74) is 3.85. The van der Waals surface area contributed by atoms with Crippen LogP contribution in [0.25, 0.3) is 0 Å². The largest absolute Gasteiger partial charge is 0.348 e. The van der Waals surface area contributed by atoms with Gasteiger partial charge in [0.1, 0.15) is 4.99 Å². The highest BCUT2D eigenvalue weighted by atomic mass is 32.2. The van der Waals surface area contributed by atoms with Crippen LogP contribution in [0.1, 0.15) is 16.5 Å². The van der Waals surface area contributed by atoms with E-state index in [0.29, 0.717) is 10.6 Å². The number of hydrogen-bond donors (Lipinski definition) is 4. The molecule has 0 aliphatic heterocycles. The standard InChI is InChI=1S/C17H21N5O3S3/c1-21(15(26)13-9-5-3-6-10-13)18-17(23)19-28(24,25)20-22(2)16(27)14-11-7-4-8-12-14/h3-12,16,20,27H,1-2H3,(H2,18,19,23). The van der Waals surface area contributed by atoms with Crippen LogP contribution in [0, 0.1) is 0 Å². The van der Waals surface area contributed by atoms with Crippen molar-refractivity contribution >= 4 is 46.1 Å². The maximum Gasteiger partial charge on any atom is 0.348 e. The lowest BCUT2D eigenvalue weighted by Gasteiger charge is -2.25. The van der Waals surface area contributed by atoms with Crippen molar-refractivity contribution in [1.29, 1.82) is 0 Å². The van der Waals surface area contributed by atoms with Gasteiger partial charge in [0, 0.05) is 19.7 Å². The minimum atomic E-state index is -4.17. The first kappa shape index (κ1) is 22.1. The Hall–Kier alpha value is -2.18. The Balaban J connectivity index is 1.92. The number of thiol groups is 1. The monoisotopic (exact) mass is 439 g/mol. The van der Waals surface area contributed by atoms with Crippen molar-refractivity contribution in [2.24, 2.45) is 0 Å². The number of hydrazine groups is 2. The van der Waals surface area contributed by atoms with Crippen LogP contribution in [0.5, 0.6) is 0 Å². The van der Waals surface area contributed by atoms with Gasteiger partial charge in [-0.05, 0) is 5.56 Å². The molecule has 2 aromatic carbocycles. The maximum atomic E-state index is 12.2. The molecule has 150 valence electrons. The van der Waals surface area contributed by atoms with Gasteiger partial charge in [0.15, 0.2) is 0 Å². The van der Waals surface area contributed by atoms with Crippen molar-refractivity contribution in [3.63, 3.8) is 0 Å². The summed E-state index contributed by atoms with van der Waals surface area (Å²) in [6.07, 6.45) is 0. The van der Waals surface area contributed by atoms with Gasteiger partial charge < -0.3 is 0 Å². The summed E-state index contributed by atoms with van der Waals surface area (Å²) in [5, 5.41) is 1.96. The zero-order chi connectivity index (χ0) is 20.7. The zero-order valence-electron chi connectivity index (χ0n) is 15.2. The third kappa shape index (κ3) is 6.46. The van der Waals surface area contributed by atoms with Crippen LogP contribution in [0.4, 0.5) is 4.79 Å². The first-order chi connectivity index (χ1) is 13.2. The number of urea groups is 1. The molecule has 0 bridgehead atoms. The smallest absolute Gasteiger partial charge is 0.276 e. The van der Waals surface area contributed by atoms with Gasteiger partial charge in [-0.25, -0.2) is 20.0 Å². The number of thiocarbonyl (C=S) groups is 1. The van der Waals surface area contributed by atoms with E-state index in [4.69, 9.17) is 12.2 Å². The fourth-order valence-corrected chi connectivity index (χ4v) is 3.54. The fourth-order valence-electron chi connectivity index (χ4n) is 2.23. The molecule has 2 rings (SSSR count). The number of carbonyl (C=O) groups is 1. The third-order valence-corrected chi connectivity index (χ3v) is 5.69. The number of hydrogen-bond acceptors (Lipinski definition) is 6. The molecule has 1 unspecified atom stereocenters. The minimum absolute atomic E-state index is 0.331. The molecule has 0 heterocycles. The molecule has 0 aliphatic rings. The molecule has 28 heavy (non-hydrogen) atoms. The molecule has 0 fully saturated rings. The van der Waals surface area contributed by atoms with Gasteiger partial charge in [-0.15, -0.1) is 4.83 Å². The number of amides is 2. The quantitative estimate of drug-likeness (QED) is 0.237. The van der Waals surface area contributed by atoms with Gasteiger partial charge in [0.05, 0.1) is 5.37 Å². The fraction of sp³-hybridized carbons (Fsp3) is 0.176. The van der Waals surface area contributed by atoms with Crippen molar-refractivity contribution in [3.05, 3.63) is 71.8 Å². The van der Waals surface area contributed by atoms with Gasteiger partial charge in [0.2, 0.25) is 0 Å². The highest BCUT2D eigenvalue weighted by molar-refractivity contribution is 7.88. The Morgan fingerprint density at radius 1 is 1.04 bits per heavy atom. The van der Waals surface area contributed by atoms with E-state index in [1.54, 1.807) is 24.3 Å². The Morgan fingerprint density at radius 3 is 2.14 bits per heavy atom. The summed E-state index contributed by atoms with van der Waals surface area (Å²) < 4.78 is 26.3. The van der Waals surface area contributed by atoms with E-state index in [2.05, 4.69) is 22.9 Å². The summed E-state index contributed by atoms with van der Waals surface area (Å²) in [5.74, 6) is 0. The van der Waals surface area contributed by atoms with E-state index in [9.17, 15) is 13.2 Å². The average Bonchev–Trinajstić information content (AvgIpc) is 2.67. The van der Waals surface area contributed by atoms with E-state index in [1.807, 2.05) is 41.1 Å². The highest BCUT2D eigenvalue weighted by Gasteiger charge is 2.21. The third-order valence-electron chi connectivity index (χ3n) is 3.55. The van der Waals surface area contributed by atoms with E-state index in [1.165, 1.54) is 24.1 Å². The lowest BCUT2D eigenvalue weighted by Crippen LogP contribution is -2.54. The van der Waals surface area contributed by atoms with Crippen LogP contribution in [0.15, 0.2) is 60.7 Å². The van der Waals surface area contributed by atoms with Crippen molar-refractivity contribution in [1.82, 2.24) is 25.0 Å². The Morgan fingerprint density at radius 2 is 1.57 bits per heavy atom. The molecule has 0 spiro atoms. The lowest BCUT2D eigenvalue weighted by molar-refractivity contribution is 0.228. The second kappa shape index (κ2) is 9.85. The van der Waals surface area contributed by atoms with E-state index >= 15 is 0 Å². The molecule has 2 amide bonds. The molecular formula is C17H21N5O3S3. The van der Waals surface area contributed by atoms with E-state index < -0.39 is 21.6 Å². The molecule has 0 radical (unpaired) electrons. The normalized spacial score (nSPS) is 12.3. The highest BCUT2D eigenvalue weighted by Crippen LogP contribution is 2.21. The van der Waals surface area contributed by atoms with Gasteiger partial charge in [-0.2, -0.15) is 21.0 Å². The van der Waals surface area contributed by atoms with Crippen LogP contribution in [0.2, 0.25) is 0 Å². The number of benzene rings is 2. The Labute approximate surface area is 175 Å². The minimum Gasteiger partial charge on any atom is -0.276 e. The molecule has 2 aromatic rings. The van der Waals surface area contributed by atoms with E-state index in [-0.39, 0.29) is 0 Å². The molecular weight excluding hydrogens is 418 g/mol. The molecule has 0 saturated carbocycles. The predicted octanol–water partition coefficient (Wildman–Crippen LogP) is 1.82. The number of nitrogens with zero attached hydrogens (tertiary/aromatic N) is 2.